The average molecular weight is 277 g/mol. The summed E-state index contributed by atoms with van der Waals surface area (Å²) in [4.78, 5) is 24.5. The van der Waals surface area contributed by atoms with E-state index in [0.29, 0.717) is 18.0 Å². The molecule has 0 bridgehead atoms. The molecule has 0 aliphatic rings. The Morgan fingerprint density at radius 3 is 2.35 bits per heavy atom. The number of carbonyl (C=O) groups excluding carboxylic acids is 1. The molecule has 0 spiro atoms. The second-order valence-corrected chi connectivity index (χ2v) is 5.64. The molecule has 1 unspecified atom stereocenters. The SMILES string of the molecule is CC(=O)c1cccc(N(CC(C)C)CC(C)C(=O)O)c1. The van der Waals surface area contributed by atoms with Gasteiger partial charge in [0.15, 0.2) is 5.78 Å². The summed E-state index contributed by atoms with van der Waals surface area (Å²) in [5, 5.41) is 9.07. The highest BCUT2D eigenvalue weighted by atomic mass is 16.4. The molecule has 20 heavy (non-hydrogen) atoms. The van der Waals surface area contributed by atoms with Crippen molar-refractivity contribution in [1.29, 1.82) is 0 Å². The minimum atomic E-state index is -0.804. The quantitative estimate of drug-likeness (QED) is 0.778. The summed E-state index contributed by atoms with van der Waals surface area (Å²) < 4.78 is 0. The van der Waals surface area contributed by atoms with Crippen LogP contribution in [0, 0.1) is 11.8 Å². The number of rotatable bonds is 7. The summed E-state index contributed by atoms with van der Waals surface area (Å²) in [5.74, 6) is -0.823. The normalized spacial score (nSPS) is 12.2. The highest BCUT2D eigenvalue weighted by Crippen LogP contribution is 2.19. The fourth-order valence-electron chi connectivity index (χ4n) is 2.06. The van der Waals surface area contributed by atoms with Gasteiger partial charge in [-0.15, -0.1) is 0 Å². The highest BCUT2D eigenvalue weighted by Gasteiger charge is 2.18. The molecule has 0 saturated heterocycles. The van der Waals surface area contributed by atoms with E-state index in [0.717, 1.165) is 12.2 Å². The van der Waals surface area contributed by atoms with Crippen molar-refractivity contribution in [3.8, 4) is 0 Å². The molecule has 1 rings (SSSR count). The van der Waals surface area contributed by atoms with Gasteiger partial charge >= 0.3 is 5.97 Å². The van der Waals surface area contributed by atoms with Gasteiger partial charge in [-0.3, -0.25) is 9.59 Å². The Balaban J connectivity index is 3.00. The minimum absolute atomic E-state index is 0.0163. The first kappa shape index (κ1) is 16.2. The van der Waals surface area contributed by atoms with Crippen molar-refractivity contribution in [3.05, 3.63) is 29.8 Å². The maximum Gasteiger partial charge on any atom is 0.308 e. The number of ketones is 1. The molecule has 0 saturated carbocycles. The second-order valence-electron chi connectivity index (χ2n) is 5.64. The van der Waals surface area contributed by atoms with Crippen LogP contribution in [0.1, 0.15) is 38.1 Å². The monoisotopic (exact) mass is 277 g/mol. The molecule has 4 nitrogen and oxygen atoms in total. The fourth-order valence-corrected chi connectivity index (χ4v) is 2.06. The molecule has 1 aromatic rings. The molecule has 0 aromatic heterocycles. The topological polar surface area (TPSA) is 57.6 Å². The maximum absolute atomic E-state index is 11.5. The van der Waals surface area contributed by atoms with Crippen LogP contribution >= 0.6 is 0 Å². The average Bonchev–Trinajstić information content (AvgIpc) is 2.37. The Bertz CT molecular complexity index is 482. The summed E-state index contributed by atoms with van der Waals surface area (Å²) in [5.41, 5.74) is 1.55. The third kappa shape index (κ3) is 4.68. The summed E-state index contributed by atoms with van der Waals surface area (Å²) in [7, 11) is 0. The lowest BCUT2D eigenvalue weighted by Gasteiger charge is -2.28. The first-order valence-electron chi connectivity index (χ1n) is 6.90. The van der Waals surface area contributed by atoms with Crippen molar-refractivity contribution in [2.75, 3.05) is 18.0 Å². The van der Waals surface area contributed by atoms with E-state index in [2.05, 4.69) is 13.8 Å². The van der Waals surface area contributed by atoms with Gasteiger partial charge in [-0.25, -0.2) is 0 Å². The van der Waals surface area contributed by atoms with Gasteiger partial charge in [0.05, 0.1) is 5.92 Å². The summed E-state index contributed by atoms with van der Waals surface area (Å²) in [6.07, 6.45) is 0. The van der Waals surface area contributed by atoms with Crippen LogP contribution in [0.25, 0.3) is 0 Å². The van der Waals surface area contributed by atoms with E-state index < -0.39 is 11.9 Å². The van der Waals surface area contributed by atoms with Crippen LogP contribution in [-0.2, 0) is 4.79 Å². The van der Waals surface area contributed by atoms with Crippen molar-refractivity contribution in [3.63, 3.8) is 0 Å². The van der Waals surface area contributed by atoms with Crippen molar-refractivity contribution in [2.45, 2.75) is 27.7 Å². The molecule has 4 heteroatoms. The molecule has 1 aromatic carbocycles. The van der Waals surface area contributed by atoms with Gasteiger partial charge in [0, 0.05) is 24.3 Å². The smallest absolute Gasteiger partial charge is 0.308 e. The molecule has 0 fully saturated rings. The van der Waals surface area contributed by atoms with E-state index in [1.165, 1.54) is 6.92 Å². The van der Waals surface area contributed by atoms with Gasteiger partial charge in [0.25, 0.3) is 0 Å². The number of aliphatic carboxylic acids is 1. The zero-order chi connectivity index (χ0) is 15.3. The predicted octanol–water partition coefficient (Wildman–Crippen LogP) is 3.07. The molecule has 0 heterocycles. The standard InChI is InChI=1S/C16H23NO3/c1-11(2)9-17(10-12(3)16(19)20)15-7-5-6-14(8-15)13(4)18/h5-8,11-12H,9-10H2,1-4H3,(H,19,20). The minimum Gasteiger partial charge on any atom is -0.481 e. The van der Waals surface area contributed by atoms with Gasteiger partial charge in [-0.2, -0.15) is 0 Å². The van der Waals surface area contributed by atoms with Crippen molar-refractivity contribution >= 4 is 17.4 Å². The molecular formula is C16H23NO3. The van der Waals surface area contributed by atoms with Crippen molar-refractivity contribution in [1.82, 2.24) is 0 Å². The number of anilines is 1. The molecule has 0 amide bonds. The van der Waals surface area contributed by atoms with E-state index in [-0.39, 0.29) is 5.78 Å². The van der Waals surface area contributed by atoms with Gasteiger partial charge < -0.3 is 10.0 Å². The Hall–Kier alpha value is -1.84. The fraction of sp³-hybridized carbons (Fsp3) is 0.500. The maximum atomic E-state index is 11.5. The molecule has 0 radical (unpaired) electrons. The summed E-state index contributed by atoms with van der Waals surface area (Å²) >= 11 is 0. The third-order valence-corrected chi connectivity index (χ3v) is 3.12. The van der Waals surface area contributed by atoms with Crippen LogP contribution in [0.4, 0.5) is 5.69 Å². The number of hydrogen-bond donors (Lipinski definition) is 1. The number of nitrogens with zero attached hydrogens (tertiary/aromatic N) is 1. The van der Waals surface area contributed by atoms with E-state index >= 15 is 0 Å². The molecule has 1 N–H and O–H groups in total. The Morgan fingerprint density at radius 2 is 1.85 bits per heavy atom. The third-order valence-electron chi connectivity index (χ3n) is 3.12. The van der Waals surface area contributed by atoms with Gasteiger partial charge in [0.2, 0.25) is 0 Å². The van der Waals surface area contributed by atoms with E-state index in [4.69, 9.17) is 5.11 Å². The Kier molecular flexibility index (Phi) is 5.74. The first-order chi connectivity index (χ1) is 9.31. The van der Waals surface area contributed by atoms with E-state index in [1.807, 2.05) is 23.1 Å². The Labute approximate surface area is 120 Å². The van der Waals surface area contributed by atoms with Crippen LogP contribution in [0.2, 0.25) is 0 Å². The number of carboxylic acid groups (broad SMARTS) is 1. The number of benzene rings is 1. The van der Waals surface area contributed by atoms with Crippen LogP contribution in [0.5, 0.6) is 0 Å². The largest absolute Gasteiger partial charge is 0.481 e. The zero-order valence-electron chi connectivity index (χ0n) is 12.6. The lowest BCUT2D eigenvalue weighted by Crippen LogP contribution is -2.34. The van der Waals surface area contributed by atoms with Crippen LogP contribution in [0.15, 0.2) is 24.3 Å². The van der Waals surface area contributed by atoms with E-state index in [1.54, 1.807) is 13.0 Å². The lowest BCUT2D eigenvalue weighted by molar-refractivity contribution is -0.140. The van der Waals surface area contributed by atoms with Crippen LogP contribution < -0.4 is 4.90 Å². The molecular weight excluding hydrogens is 254 g/mol. The molecule has 0 aliphatic carbocycles. The van der Waals surface area contributed by atoms with Crippen molar-refractivity contribution < 1.29 is 14.7 Å². The number of Topliss-reactive ketones (excluding diaryl/α,β-unsaturated/α-hetero) is 1. The van der Waals surface area contributed by atoms with Crippen molar-refractivity contribution in [2.24, 2.45) is 11.8 Å². The van der Waals surface area contributed by atoms with Crippen LogP contribution in [0.3, 0.4) is 0 Å². The van der Waals surface area contributed by atoms with Gasteiger partial charge in [-0.05, 0) is 25.0 Å². The lowest BCUT2D eigenvalue weighted by atomic mass is 10.1. The van der Waals surface area contributed by atoms with Gasteiger partial charge in [0.1, 0.15) is 0 Å². The summed E-state index contributed by atoms with van der Waals surface area (Å²) in [6, 6.07) is 7.37. The van der Waals surface area contributed by atoms with E-state index in [9.17, 15) is 9.59 Å². The molecule has 110 valence electrons. The first-order valence-corrected chi connectivity index (χ1v) is 6.90. The molecule has 0 aliphatic heterocycles. The van der Waals surface area contributed by atoms with Gasteiger partial charge in [-0.1, -0.05) is 32.9 Å². The zero-order valence-corrected chi connectivity index (χ0v) is 12.6. The Morgan fingerprint density at radius 1 is 1.20 bits per heavy atom. The summed E-state index contributed by atoms with van der Waals surface area (Å²) in [6.45, 7) is 8.62. The predicted molar refractivity (Wildman–Crippen MR) is 80.3 cm³/mol. The number of carboxylic acids is 1. The number of hydrogen-bond acceptors (Lipinski definition) is 3. The second kappa shape index (κ2) is 7.08. The highest BCUT2D eigenvalue weighted by molar-refractivity contribution is 5.95. The number of carbonyl (C=O) groups is 2. The van der Waals surface area contributed by atoms with Crippen LogP contribution in [-0.4, -0.2) is 29.9 Å². The molecule has 1 atom stereocenters.